The van der Waals surface area contributed by atoms with Gasteiger partial charge < -0.3 is 16.0 Å². The molecule has 0 unspecified atom stereocenters. The number of nitrogens with two attached hydrogens (primary N) is 1. The highest BCUT2D eigenvalue weighted by molar-refractivity contribution is 5.91. The number of amides is 1. The summed E-state index contributed by atoms with van der Waals surface area (Å²) in [4.78, 5) is 14.3. The number of likely N-dealkylation sites (tertiary alicyclic amines) is 1. The largest absolute Gasteiger partial charge is 0.399 e. The maximum Gasteiger partial charge on any atom is 0.244 e. The Kier molecular flexibility index (Phi) is 5.81. The van der Waals surface area contributed by atoms with Crippen molar-refractivity contribution in [3.63, 3.8) is 0 Å². The second-order valence-electron chi connectivity index (χ2n) is 5.62. The highest BCUT2D eigenvalue weighted by Crippen LogP contribution is 2.15. The summed E-state index contributed by atoms with van der Waals surface area (Å²) in [6.45, 7) is 6.41. The molecule has 2 rings (SSSR count). The van der Waals surface area contributed by atoms with Gasteiger partial charge in [-0.25, -0.2) is 0 Å². The molecular weight excluding hydrogens is 262 g/mol. The molecule has 0 spiro atoms. The topological polar surface area (TPSA) is 58.4 Å². The zero-order chi connectivity index (χ0) is 15.1. The van der Waals surface area contributed by atoms with Gasteiger partial charge in [0.2, 0.25) is 5.91 Å². The van der Waals surface area contributed by atoms with Crippen LogP contribution in [0.25, 0.3) is 6.08 Å². The number of hydrogen-bond acceptors (Lipinski definition) is 3. The van der Waals surface area contributed by atoms with Gasteiger partial charge in [-0.1, -0.05) is 19.1 Å². The summed E-state index contributed by atoms with van der Waals surface area (Å²) in [7, 11) is 0. The Hall–Kier alpha value is -1.81. The van der Waals surface area contributed by atoms with E-state index in [-0.39, 0.29) is 5.91 Å². The molecule has 1 amide bonds. The molecule has 1 heterocycles. The third-order valence-electron chi connectivity index (χ3n) is 4.08. The van der Waals surface area contributed by atoms with Gasteiger partial charge in [0.1, 0.15) is 0 Å². The molecule has 4 nitrogen and oxygen atoms in total. The predicted molar refractivity (Wildman–Crippen MR) is 87.7 cm³/mol. The minimum Gasteiger partial charge on any atom is -0.399 e. The molecule has 1 fully saturated rings. The van der Waals surface area contributed by atoms with Gasteiger partial charge in [0.25, 0.3) is 0 Å². The lowest BCUT2D eigenvalue weighted by atomic mass is 9.97. The summed E-state index contributed by atoms with van der Waals surface area (Å²) in [5.74, 6) is 0.589. The minimum absolute atomic E-state index is 0.0234. The van der Waals surface area contributed by atoms with E-state index < -0.39 is 0 Å². The summed E-state index contributed by atoms with van der Waals surface area (Å²) in [5, 5.41) is 3.00. The lowest BCUT2D eigenvalue weighted by molar-refractivity contribution is -0.116. The fourth-order valence-electron chi connectivity index (χ4n) is 2.59. The molecule has 1 aliphatic heterocycles. The Bertz CT molecular complexity index is 473. The monoisotopic (exact) mass is 287 g/mol. The Balaban J connectivity index is 1.71. The van der Waals surface area contributed by atoms with Crippen LogP contribution in [0.1, 0.15) is 25.3 Å². The molecule has 4 heteroatoms. The van der Waals surface area contributed by atoms with Crippen LogP contribution in [-0.4, -0.2) is 37.0 Å². The van der Waals surface area contributed by atoms with Crippen molar-refractivity contribution < 1.29 is 4.79 Å². The first-order valence-corrected chi connectivity index (χ1v) is 7.71. The number of carbonyl (C=O) groups is 1. The number of nitrogens with zero attached hydrogens (tertiary/aromatic N) is 1. The number of nitrogen functional groups attached to an aromatic ring is 1. The average molecular weight is 287 g/mol. The third kappa shape index (κ3) is 5.23. The van der Waals surface area contributed by atoms with Crippen LogP contribution in [0.3, 0.4) is 0 Å². The van der Waals surface area contributed by atoms with Crippen molar-refractivity contribution in [2.45, 2.75) is 19.8 Å². The number of nitrogens with one attached hydrogen (secondary N) is 1. The molecule has 0 saturated carbocycles. The van der Waals surface area contributed by atoms with Crippen LogP contribution >= 0.6 is 0 Å². The van der Waals surface area contributed by atoms with E-state index in [0.29, 0.717) is 5.92 Å². The molecule has 0 aromatic heterocycles. The maximum absolute atomic E-state index is 11.8. The van der Waals surface area contributed by atoms with Crippen LogP contribution < -0.4 is 11.1 Å². The molecular formula is C17H25N3O. The van der Waals surface area contributed by atoms with Crippen LogP contribution in [-0.2, 0) is 4.79 Å². The van der Waals surface area contributed by atoms with Gasteiger partial charge >= 0.3 is 0 Å². The molecule has 1 aliphatic rings. The molecule has 0 radical (unpaired) electrons. The molecule has 1 aromatic rings. The maximum atomic E-state index is 11.8. The summed E-state index contributed by atoms with van der Waals surface area (Å²) < 4.78 is 0. The normalized spacial score (nSPS) is 17.2. The molecule has 21 heavy (non-hydrogen) atoms. The van der Waals surface area contributed by atoms with Crippen molar-refractivity contribution in [2.75, 3.05) is 31.9 Å². The van der Waals surface area contributed by atoms with Gasteiger partial charge in [-0.3, -0.25) is 4.79 Å². The summed E-state index contributed by atoms with van der Waals surface area (Å²) in [6, 6.07) is 7.47. The SMILES string of the molecule is CCN1CCC(CNC(=O)/C=C/c2ccc(N)cc2)CC1. The zero-order valence-corrected chi connectivity index (χ0v) is 12.7. The number of hydrogen-bond donors (Lipinski definition) is 2. The fourth-order valence-corrected chi connectivity index (χ4v) is 2.59. The van der Waals surface area contributed by atoms with Crippen molar-refractivity contribution in [3.8, 4) is 0 Å². The van der Waals surface area contributed by atoms with Crippen molar-refractivity contribution in [3.05, 3.63) is 35.9 Å². The summed E-state index contributed by atoms with van der Waals surface area (Å²) in [6.07, 6.45) is 5.76. The zero-order valence-electron chi connectivity index (χ0n) is 12.7. The van der Waals surface area contributed by atoms with Crippen molar-refractivity contribution in [1.82, 2.24) is 10.2 Å². The van der Waals surface area contributed by atoms with Gasteiger partial charge in [-0.2, -0.15) is 0 Å². The lowest BCUT2D eigenvalue weighted by Crippen LogP contribution is -2.38. The quantitative estimate of drug-likeness (QED) is 0.644. The van der Waals surface area contributed by atoms with Gasteiger partial charge in [-0.15, -0.1) is 0 Å². The van der Waals surface area contributed by atoms with E-state index in [4.69, 9.17) is 5.73 Å². The van der Waals surface area contributed by atoms with Crippen LogP contribution in [0.5, 0.6) is 0 Å². The van der Waals surface area contributed by atoms with E-state index >= 15 is 0 Å². The van der Waals surface area contributed by atoms with E-state index in [2.05, 4.69) is 17.1 Å². The molecule has 1 saturated heterocycles. The van der Waals surface area contributed by atoms with E-state index in [1.165, 1.54) is 12.8 Å². The molecule has 0 atom stereocenters. The first kappa shape index (κ1) is 15.6. The van der Waals surface area contributed by atoms with Gasteiger partial charge in [-0.05, 0) is 62.2 Å². The van der Waals surface area contributed by atoms with Gasteiger partial charge in [0.15, 0.2) is 0 Å². The Morgan fingerprint density at radius 3 is 2.62 bits per heavy atom. The standard InChI is InChI=1S/C17H25N3O/c1-2-20-11-9-15(10-12-20)13-19-17(21)8-5-14-3-6-16(18)7-4-14/h3-8,15H,2,9-13,18H2,1H3,(H,19,21)/b8-5+. The molecule has 114 valence electrons. The third-order valence-corrected chi connectivity index (χ3v) is 4.08. The van der Waals surface area contributed by atoms with E-state index in [9.17, 15) is 4.79 Å². The first-order valence-electron chi connectivity index (χ1n) is 7.71. The molecule has 3 N–H and O–H groups in total. The van der Waals surface area contributed by atoms with E-state index in [1.807, 2.05) is 30.3 Å². The first-order chi connectivity index (χ1) is 10.2. The van der Waals surface area contributed by atoms with Crippen LogP contribution in [0.15, 0.2) is 30.3 Å². The smallest absolute Gasteiger partial charge is 0.244 e. The lowest BCUT2D eigenvalue weighted by Gasteiger charge is -2.30. The Morgan fingerprint density at radius 1 is 1.33 bits per heavy atom. The predicted octanol–water partition coefficient (Wildman–Crippen LogP) is 2.13. The van der Waals surface area contributed by atoms with Crippen LogP contribution in [0, 0.1) is 5.92 Å². The number of benzene rings is 1. The molecule has 0 aliphatic carbocycles. The number of piperidine rings is 1. The molecule has 1 aromatic carbocycles. The second kappa shape index (κ2) is 7.84. The highest BCUT2D eigenvalue weighted by atomic mass is 16.1. The Morgan fingerprint density at radius 2 is 2.00 bits per heavy atom. The van der Waals surface area contributed by atoms with Crippen molar-refractivity contribution >= 4 is 17.7 Å². The number of carbonyl (C=O) groups excluding carboxylic acids is 1. The van der Waals surface area contributed by atoms with E-state index in [1.54, 1.807) is 6.08 Å². The highest BCUT2D eigenvalue weighted by Gasteiger charge is 2.17. The molecule has 0 bridgehead atoms. The number of rotatable bonds is 5. The summed E-state index contributed by atoms with van der Waals surface area (Å²) >= 11 is 0. The average Bonchev–Trinajstić information content (AvgIpc) is 2.53. The van der Waals surface area contributed by atoms with Crippen LogP contribution in [0.4, 0.5) is 5.69 Å². The van der Waals surface area contributed by atoms with Gasteiger partial charge in [0.05, 0.1) is 0 Å². The Labute approximate surface area is 127 Å². The second-order valence-corrected chi connectivity index (χ2v) is 5.62. The van der Waals surface area contributed by atoms with Crippen molar-refractivity contribution in [2.24, 2.45) is 5.92 Å². The number of anilines is 1. The van der Waals surface area contributed by atoms with Crippen molar-refractivity contribution in [1.29, 1.82) is 0 Å². The minimum atomic E-state index is -0.0234. The fraction of sp³-hybridized carbons (Fsp3) is 0.471. The summed E-state index contributed by atoms with van der Waals surface area (Å²) in [5.41, 5.74) is 7.34. The van der Waals surface area contributed by atoms with Gasteiger partial charge in [0, 0.05) is 18.3 Å². The van der Waals surface area contributed by atoms with Crippen LogP contribution in [0.2, 0.25) is 0 Å². The van der Waals surface area contributed by atoms with E-state index in [0.717, 1.165) is 37.4 Å².